The first-order chi connectivity index (χ1) is 15.1. The number of ether oxygens (including phenoxy) is 1. The molecule has 0 aliphatic carbocycles. The van der Waals surface area contributed by atoms with Gasteiger partial charge < -0.3 is 15.0 Å². The van der Waals surface area contributed by atoms with Gasteiger partial charge in [-0.3, -0.25) is 9.59 Å². The molecule has 0 bridgehead atoms. The number of carbonyl (C=O) groups excluding carboxylic acids is 2. The van der Waals surface area contributed by atoms with E-state index >= 15 is 0 Å². The number of amidine groups is 1. The molecule has 32 heavy (non-hydrogen) atoms. The molecule has 8 nitrogen and oxygen atoms in total. The van der Waals surface area contributed by atoms with E-state index in [1.807, 2.05) is 13.8 Å². The van der Waals surface area contributed by atoms with E-state index in [2.05, 4.69) is 9.71 Å². The Labute approximate surface area is 185 Å². The minimum atomic E-state index is -4.26. The molecule has 4 rings (SSSR count). The summed E-state index contributed by atoms with van der Waals surface area (Å²) in [7, 11) is -2.93. The number of hydrogen-bond donors (Lipinski definition) is 1. The van der Waals surface area contributed by atoms with E-state index in [9.17, 15) is 22.4 Å². The third-order valence-corrected chi connectivity index (χ3v) is 6.81. The second-order valence-corrected chi connectivity index (χ2v) is 9.59. The Morgan fingerprint density at radius 2 is 1.97 bits per heavy atom. The van der Waals surface area contributed by atoms with Crippen molar-refractivity contribution in [3.05, 3.63) is 47.8 Å². The van der Waals surface area contributed by atoms with Crippen molar-refractivity contribution in [2.45, 2.75) is 25.2 Å². The van der Waals surface area contributed by atoms with E-state index in [-0.39, 0.29) is 33.6 Å². The maximum absolute atomic E-state index is 14.0. The Morgan fingerprint density at radius 1 is 1.22 bits per heavy atom. The molecule has 1 unspecified atom stereocenters. The molecule has 0 fully saturated rings. The number of nitrogens with zero attached hydrogens (tertiary/aromatic N) is 2. The van der Waals surface area contributed by atoms with Gasteiger partial charge in [0, 0.05) is 12.1 Å². The Bertz CT molecular complexity index is 1260. The van der Waals surface area contributed by atoms with E-state index in [0.717, 1.165) is 6.07 Å². The van der Waals surface area contributed by atoms with Crippen molar-refractivity contribution in [3.63, 3.8) is 0 Å². The van der Waals surface area contributed by atoms with Gasteiger partial charge in [0.15, 0.2) is 16.6 Å². The second kappa shape index (κ2) is 8.01. The average molecular weight is 459 g/mol. The molecule has 0 radical (unpaired) electrons. The maximum Gasteiger partial charge on any atom is 0.289 e. The molecule has 168 valence electrons. The van der Waals surface area contributed by atoms with Gasteiger partial charge in [-0.25, -0.2) is 4.39 Å². The zero-order valence-electron chi connectivity index (χ0n) is 17.8. The van der Waals surface area contributed by atoms with Crippen LogP contribution in [0.5, 0.6) is 5.75 Å². The predicted octanol–water partition coefficient (Wildman–Crippen LogP) is 3.24. The van der Waals surface area contributed by atoms with Gasteiger partial charge in [0.25, 0.3) is 10.0 Å². The monoisotopic (exact) mass is 459 g/mol. The lowest BCUT2D eigenvalue weighted by atomic mass is 9.88. The standard InChI is InChI=1S/C22H22FN3O5S/c1-12(2)9-10-26-16-8-7-13(23)11-14(16)19(27)18(22(26)28)21-24-15-5-4-6-17(31-3)20(15)32(29,30)25-21/h4-8,11-12,18H,9-10H2,1-3H3,(H,24,25). The minimum Gasteiger partial charge on any atom is -0.495 e. The molecule has 10 heteroatoms. The number of ketones is 1. The van der Waals surface area contributed by atoms with Crippen molar-refractivity contribution in [2.75, 3.05) is 23.9 Å². The lowest BCUT2D eigenvalue weighted by Gasteiger charge is -2.35. The van der Waals surface area contributed by atoms with Crippen LogP contribution in [0, 0.1) is 17.7 Å². The summed E-state index contributed by atoms with van der Waals surface area (Å²) in [5.41, 5.74) is 0.463. The van der Waals surface area contributed by atoms with Gasteiger partial charge in [0.2, 0.25) is 5.91 Å². The number of carbonyl (C=O) groups is 2. The van der Waals surface area contributed by atoms with Crippen LogP contribution in [-0.2, 0) is 14.8 Å². The Morgan fingerprint density at radius 3 is 2.66 bits per heavy atom. The first-order valence-electron chi connectivity index (χ1n) is 10.1. The van der Waals surface area contributed by atoms with Crippen LogP contribution in [0.3, 0.4) is 0 Å². The number of amides is 1. The van der Waals surface area contributed by atoms with Crippen LogP contribution in [0.2, 0.25) is 0 Å². The zero-order valence-corrected chi connectivity index (χ0v) is 18.6. The molecule has 2 aromatic carbocycles. The van der Waals surface area contributed by atoms with Gasteiger partial charge in [-0.05, 0) is 42.7 Å². The number of nitrogens with one attached hydrogen (secondary N) is 1. The normalized spacial score (nSPS) is 19.2. The molecule has 1 N–H and O–H groups in total. The first kappa shape index (κ1) is 21.9. The van der Waals surface area contributed by atoms with Crippen LogP contribution in [0.1, 0.15) is 30.6 Å². The molecule has 0 spiro atoms. The third kappa shape index (κ3) is 3.64. The Balaban J connectivity index is 1.82. The second-order valence-electron chi connectivity index (χ2n) is 8.04. The highest BCUT2D eigenvalue weighted by Crippen LogP contribution is 2.38. The molecule has 0 aromatic heterocycles. The smallest absolute Gasteiger partial charge is 0.289 e. The number of rotatable bonds is 5. The zero-order chi connectivity index (χ0) is 23.2. The molecular weight excluding hydrogens is 437 g/mol. The molecule has 0 saturated heterocycles. The van der Waals surface area contributed by atoms with Crippen LogP contribution in [0.25, 0.3) is 0 Å². The summed E-state index contributed by atoms with van der Waals surface area (Å²) in [6.07, 6.45) is 0.641. The molecule has 2 heterocycles. The first-order valence-corrected chi connectivity index (χ1v) is 11.5. The van der Waals surface area contributed by atoms with Gasteiger partial charge in [-0.15, -0.1) is 4.40 Å². The van der Waals surface area contributed by atoms with Crippen molar-refractivity contribution >= 4 is 38.9 Å². The average Bonchev–Trinajstić information content (AvgIpc) is 2.72. The number of hydrogen-bond acceptors (Lipinski definition) is 6. The summed E-state index contributed by atoms with van der Waals surface area (Å²) in [6, 6.07) is 8.19. The number of benzene rings is 2. The SMILES string of the molecule is COc1cccc2c1S(=O)(=O)N=C(C1C(=O)c3cc(F)ccc3N(CCC(C)C)C1=O)N2. The van der Waals surface area contributed by atoms with Gasteiger partial charge in [-0.1, -0.05) is 19.9 Å². The van der Waals surface area contributed by atoms with Gasteiger partial charge >= 0.3 is 0 Å². The summed E-state index contributed by atoms with van der Waals surface area (Å²) < 4.78 is 48.7. The number of methoxy groups -OCH3 is 1. The third-order valence-electron chi connectivity index (χ3n) is 5.43. The topological polar surface area (TPSA) is 105 Å². The van der Waals surface area contributed by atoms with E-state index < -0.39 is 33.4 Å². The lowest BCUT2D eigenvalue weighted by molar-refractivity contribution is -0.119. The minimum absolute atomic E-state index is 0.0108. The highest BCUT2D eigenvalue weighted by molar-refractivity contribution is 7.90. The summed E-state index contributed by atoms with van der Waals surface area (Å²) in [5.74, 6) is -3.44. The van der Waals surface area contributed by atoms with Crippen LogP contribution in [0.15, 0.2) is 45.7 Å². The fraction of sp³-hybridized carbons (Fsp3) is 0.318. The quantitative estimate of drug-likeness (QED) is 0.689. The molecule has 0 saturated carbocycles. The molecule has 1 atom stereocenters. The fourth-order valence-electron chi connectivity index (χ4n) is 3.84. The van der Waals surface area contributed by atoms with Crippen molar-refractivity contribution < 1.29 is 27.1 Å². The number of fused-ring (bicyclic) bond motifs is 2. The Kier molecular flexibility index (Phi) is 5.49. The van der Waals surface area contributed by atoms with Gasteiger partial charge in [0.1, 0.15) is 17.4 Å². The van der Waals surface area contributed by atoms with E-state index in [0.29, 0.717) is 18.7 Å². The van der Waals surface area contributed by atoms with E-state index in [1.165, 1.54) is 36.3 Å². The molecular formula is C22H22FN3O5S. The summed E-state index contributed by atoms with van der Waals surface area (Å²) in [4.78, 5) is 27.9. The van der Waals surface area contributed by atoms with E-state index in [4.69, 9.17) is 4.74 Å². The van der Waals surface area contributed by atoms with Crippen molar-refractivity contribution in [1.29, 1.82) is 0 Å². The summed E-state index contributed by atoms with van der Waals surface area (Å²) in [6.45, 7) is 4.28. The lowest BCUT2D eigenvalue weighted by Crippen LogP contribution is -2.50. The highest BCUT2D eigenvalue weighted by Gasteiger charge is 2.45. The highest BCUT2D eigenvalue weighted by atomic mass is 32.2. The number of anilines is 2. The summed E-state index contributed by atoms with van der Waals surface area (Å²) >= 11 is 0. The van der Waals surface area contributed by atoms with E-state index in [1.54, 1.807) is 6.07 Å². The number of Topliss-reactive ketones (excluding diaryl/α,β-unsaturated/α-hetero) is 1. The molecule has 2 aliphatic rings. The number of sulfonamides is 1. The van der Waals surface area contributed by atoms with Gasteiger partial charge in [0.05, 0.1) is 18.5 Å². The maximum atomic E-state index is 14.0. The Hall–Kier alpha value is -3.27. The largest absolute Gasteiger partial charge is 0.495 e. The van der Waals surface area contributed by atoms with Crippen molar-refractivity contribution in [2.24, 2.45) is 16.2 Å². The van der Waals surface area contributed by atoms with Crippen molar-refractivity contribution in [1.82, 2.24) is 0 Å². The molecule has 2 aromatic rings. The number of halogens is 1. The van der Waals surface area contributed by atoms with Crippen LogP contribution in [-0.4, -0.2) is 39.6 Å². The summed E-state index contributed by atoms with van der Waals surface area (Å²) in [5, 5.41) is 2.82. The van der Waals surface area contributed by atoms with Crippen LogP contribution in [0.4, 0.5) is 15.8 Å². The fourth-order valence-corrected chi connectivity index (χ4v) is 5.15. The molecule has 1 amide bonds. The van der Waals surface area contributed by atoms with Crippen LogP contribution < -0.4 is 15.0 Å². The molecule has 2 aliphatic heterocycles. The van der Waals surface area contributed by atoms with Crippen LogP contribution >= 0.6 is 0 Å². The predicted molar refractivity (Wildman–Crippen MR) is 117 cm³/mol. The van der Waals surface area contributed by atoms with Crippen molar-refractivity contribution in [3.8, 4) is 5.75 Å². The van der Waals surface area contributed by atoms with Gasteiger partial charge in [-0.2, -0.15) is 8.42 Å².